The van der Waals surface area contributed by atoms with E-state index in [9.17, 15) is 9.59 Å². The maximum Gasteiger partial charge on any atom is 0.408 e. The molecular weight excluding hydrogens is 354 g/mol. The molecule has 1 aromatic carbocycles. The molecule has 28 heavy (non-hydrogen) atoms. The van der Waals surface area contributed by atoms with Gasteiger partial charge in [0.15, 0.2) is 0 Å². The van der Waals surface area contributed by atoms with Crippen LogP contribution in [0.25, 0.3) is 10.8 Å². The zero-order chi connectivity index (χ0) is 20.2. The number of amides is 2. The molecule has 0 aliphatic heterocycles. The predicted octanol–water partition coefficient (Wildman–Crippen LogP) is 4.19. The standard InChI is InChI=1S/C22H29N3O3/c1-21(2,3)28-20(27)25-22(12-7-4-8-13-22)15-24-19(26)18-17-10-6-5-9-16(17)11-14-23-18/h5-6,9-11,14H,4,7-8,12-13,15H2,1-3H3,(H,24,26)(H,25,27). The third-order valence-corrected chi connectivity index (χ3v) is 5.05. The van der Waals surface area contributed by atoms with Crippen molar-refractivity contribution >= 4 is 22.8 Å². The summed E-state index contributed by atoms with van der Waals surface area (Å²) in [6, 6.07) is 9.57. The number of hydrogen-bond acceptors (Lipinski definition) is 4. The molecule has 0 atom stereocenters. The third kappa shape index (κ3) is 5.00. The molecule has 2 N–H and O–H groups in total. The molecule has 6 nitrogen and oxygen atoms in total. The van der Waals surface area contributed by atoms with E-state index in [-0.39, 0.29) is 5.91 Å². The third-order valence-electron chi connectivity index (χ3n) is 5.05. The van der Waals surface area contributed by atoms with Crippen molar-refractivity contribution in [3.05, 3.63) is 42.2 Å². The lowest BCUT2D eigenvalue weighted by Gasteiger charge is -2.38. The second-order valence-corrected chi connectivity index (χ2v) is 8.53. The van der Waals surface area contributed by atoms with Gasteiger partial charge in [0, 0.05) is 18.1 Å². The Hall–Kier alpha value is -2.63. The number of carbonyl (C=O) groups is 2. The van der Waals surface area contributed by atoms with Crippen molar-refractivity contribution in [1.29, 1.82) is 0 Å². The number of hydrogen-bond donors (Lipinski definition) is 2. The Labute approximate surface area is 166 Å². The van der Waals surface area contributed by atoms with Gasteiger partial charge in [-0.05, 0) is 45.1 Å². The van der Waals surface area contributed by atoms with Gasteiger partial charge in [-0.2, -0.15) is 0 Å². The summed E-state index contributed by atoms with van der Waals surface area (Å²) >= 11 is 0. The first-order chi connectivity index (χ1) is 13.3. The zero-order valence-corrected chi connectivity index (χ0v) is 16.9. The van der Waals surface area contributed by atoms with Crippen LogP contribution in [-0.2, 0) is 4.74 Å². The van der Waals surface area contributed by atoms with E-state index < -0.39 is 17.2 Å². The molecule has 1 heterocycles. The summed E-state index contributed by atoms with van der Waals surface area (Å²) in [5.41, 5.74) is -0.641. The number of alkyl carbamates (subject to hydrolysis) is 1. The molecule has 6 heteroatoms. The number of rotatable bonds is 4. The van der Waals surface area contributed by atoms with Crippen molar-refractivity contribution in [2.75, 3.05) is 6.54 Å². The first-order valence-electron chi connectivity index (χ1n) is 9.91. The SMILES string of the molecule is CC(C)(C)OC(=O)NC1(CNC(=O)c2nccc3ccccc23)CCCCC1. The van der Waals surface area contributed by atoms with Crippen LogP contribution in [0.15, 0.2) is 36.5 Å². The van der Waals surface area contributed by atoms with Crippen LogP contribution < -0.4 is 10.6 Å². The van der Waals surface area contributed by atoms with E-state index in [0.29, 0.717) is 12.2 Å². The maximum absolute atomic E-state index is 12.8. The minimum atomic E-state index is -0.559. The Morgan fingerprint density at radius 2 is 1.82 bits per heavy atom. The Bertz CT molecular complexity index is 846. The van der Waals surface area contributed by atoms with Crippen molar-refractivity contribution in [1.82, 2.24) is 15.6 Å². The number of pyridine rings is 1. The van der Waals surface area contributed by atoms with Crippen LogP contribution in [0, 0.1) is 0 Å². The highest BCUT2D eigenvalue weighted by molar-refractivity contribution is 6.05. The van der Waals surface area contributed by atoms with Crippen molar-refractivity contribution in [2.45, 2.75) is 64.0 Å². The van der Waals surface area contributed by atoms with Crippen LogP contribution in [0.1, 0.15) is 63.4 Å². The predicted molar refractivity (Wildman–Crippen MR) is 109 cm³/mol. The average Bonchev–Trinajstić information content (AvgIpc) is 2.65. The summed E-state index contributed by atoms with van der Waals surface area (Å²) in [7, 11) is 0. The van der Waals surface area contributed by atoms with E-state index in [4.69, 9.17) is 4.74 Å². The Morgan fingerprint density at radius 1 is 1.11 bits per heavy atom. The van der Waals surface area contributed by atoms with Crippen LogP contribution in [0.2, 0.25) is 0 Å². The summed E-state index contributed by atoms with van der Waals surface area (Å²) in [4.78, 5) is 29.5. The molecule has 1 saturated carbocycles. The molecule has 0 radical (unpaired) electrons. The van der Waals surface area contributed by atoms with Gasteiger partial charge in [0.2, 0.25) is 0 Å². The second-order valence-electron chi connectivity index (χ2n) is 8.53. The van der Waals surface area contributed by atoms with E-state index in [1.54, 1.807) is 6.20 Å². The largest absolute Gasteiger partial charge is 0.444 e. The van der Waals surface area contributed by atoms with Crippen molar-refractivity contribution in [3.63, 3.8) is 0 Å². The molecule has 2 aromatic rings. The molecule has 150 valence electrons. The fourth-order valence-electron chi connectivity index (χ4n) is 3.73. The molecule has 1 aliphatic rings. The first kappa shape index (κ1) is 20.1. The van der Waals surface area contributed by atoms with Gasteiger partial charge in [-0.15, -0.1) is 0 Å². The van der Waals surface area contributed by atoms with Crippen molar-refractivity contribution in [2.24, 2.45) is 0 Å². The van der Waals surface area contributed by atoms with Gasteiger partial charge in [-0.25, -0.2) is 4.79 Å². The van der Waals surface area contributed by atoms with Gasteiger partial charge in [-0.1, -0.05) is 43.5 Å². The summed E-state index contributed by atoms with van der Waals surface area (Å²) in [6.07, 6.45) is 6.00. The Balaban J connectivity index is 1.73. The quantitative estimate of drug-likeness (QED) is 0.829. The van der Waals surface area contributed by atoms with E-state index in [1.807, 2.05) is 51.1 Å². The van der Waals surface area contributed by atoms with Crippen molar-refractivity contribution < 1.29 is 14.3 Å². The number of nitrogens with one attached hydrogen (secondary N) is 2. The van der Waals surface area contributed by atoms with Crippen LogP contribution in [-0.4, -0.2) is 34.7 Å². The number of nitrogens with zero attached hydrogens (tertiary/aromatic N) is 1. The van der Waals surface area contributed by atoms with Crippen molar-refractivity contribution in [3.8, 4) is 0 Å². The fourth-order valence-corrected chi connectivity index (χ4v) is 3.73. The smallest absolute Gasteiger partial charge is 0.408 e. The Kier molecular flexibility index (Phi) is 5.87. The van der Waals surface area contributed by atoms with Gasteiger partial charge in [-0.3, -0.25) is 9.78 Å². The molecule has 0 spiro atoms. The second kappa shape index (κ2) is 8.17. The highest BCUT2D eigenvalue weighted by Crippen LogP contribution is 2.28. The lowest BCUT2D eigenvalue weighted by Crippen LogP contribution is -2.57. The maximum atomic E-state index is 12.8. The lowest BCUT2D eigenvalue weighted by molar-refractivity contribution is 0.0419. The van der Waals surface area contributed by atoms with Crippen LogP contribution in [0.4, 0.5) is 4.79 Å². The first-order valence-corrected chi connectivity index (χ1v) is 9.91. The number of carbonyl (C=O) groups excluding carboxylic acids is 2. The van der Waals surface area contributed by atoms with E-state index in [0.717, 1.165) is 42.9 Å². The highest BCUT2D eigenvalue weighted by Gasteiger charge is 2.35. The monoisotopic (exact) mass is 383 g/mol. The van der Waals surface area contributed by atoms with Crippen LogP contribution >= 0.6 is 0 Å². The highest BCUT2D eigenvalue weighted by atomic mass is 16.6. The molecule has 1 aliphatic carbocycles. The van der Waals surface area contributed by atoms with Crippen LogP contribution in [0.5, 0.6) is 0 Å². The molecule has 0 saturated heterocycles. The molecule has 3 rings (SSSR count). The topological polar surface area (TPSA) is 80.3 Å². The number of fused-ring (bicyclic) bond motifs is 1. The molecular formula is C22H29N3O3. The molecule has 2 amide bonds. The lowest BCUT2D eigenvalue weighted by atomic mass is 9.81. The summed E-state index contributed by atoms with van der Waals surface area (Å²) < 4.78 is 5.44. The minimum absolute atomic E-state index is 0.229. The number of aromatic nitrogens is 1. The van der Waals surface area contributed by atoms with Gasteiger partial charge >= 0.3 is 6.09 Å². The number of ether oxygens (including phenoxy) is 1. The van der Waals surface area contributed by atoms with Gasteiger partial charge < -0.3 is 15.4 Å². The molecule has 1 fully saturated rings. The van der Waals surface area contributed by atoms with E-state index in [1.165, 1.54) is 0 Å². The Morgan fingerprint density at radius 3 is 2.54 bits per heavy atom. The van der Waals surface area contributed by atoms with E-state index in [2.05, 4.69) is 15.6 Å². The van der Waals surface area contributed by atoms with E-state index >= 15 is 0 Å². The molecule has 0 bridgehead atoms. The fraction of sp³-hybridized carbons (Fsp3) is 0.500. The normalized spacial score (nSPS) is 16.4. The summed E-state index contributed by atoms with van der Waals surface area (Å²) in [5, 5.41) is 7.83. The average molecular weight is 383 g/mol. The summed E-state index contributed by atoms with van der Waals surface area (Å²) in [6.45, 7) is 5.88. The van der Waals surface area contributed by atoms with Gasteiger partial charge in [0.25, 0.3) is 5.91 Å². The number of benzene rings is 1. The van der Waals surface area contributed by atoms with Gasteiger partial charge in [0.05, 0.1) is 5.54 Å². The minimum Gasteiger partial charge on any atom is -0.444 e. The zero-order valence-electron chi connectivity index (χ0n) is 16.9. The van der Waals surface area contributed by atoms with Gasteiger partial charge in [0.1, 0.15) is 11.3 Å². The van der Waals surface area contributed by atoms with Crippen LogP contribution in [0.3, 0.4) is 0 Å². The molecule has 1 aromatic heterocycles. The summed E-state index contributed by atoms with van der Waals surface area (Å²) in [5.74, 6) is -0.229. The molecule has 0 unspecified atom stereocenters.